The molecule has 0 saturated carbocycles. The predicted molar refractivity (Wildman–Crippen MR) is 96.0 cm³/mol. The zero-order valence-electron chi connectivity index (χ0n) is 14.4. The van der Waals surface area contributed by atoms with Crippen LogP contribution in [0, 0.1) is 13.8 Å². The molecule has 1 aliphatic heterocycles. The average molecular weight is 322 g/mol. The molecule has 1 atom stereocenters. The van der Waals surface area contributed by atoms with Crippen molar-refractivity contribution in [3.8, 4) is 5.69 Å². The molecule has 4 rings (SSSR count). The van der Waals surface area contributed by atoms with Crippen LogP contribution in [-0.2, 0) is 4.74 Å². The number of rotatable bonds is 3. The Kier molecular flexibility index (Phi) is 3.73. The van der Waals surface area contributed by atoms with Gasteiger partial charge in [-0.1, -0.05) is 18.2 Å². The summed E-state index contributed by atoms with van der Waals surface area (Å²) in [6.45, 7) is 6.07. The Bertz CT molecular complexity index is 872. The third-order valence-corrected chi connectivity index (χ3v) is 4.80. The summed E-state index contributed by atoms with van der Waals surface area (Å²) in [6, 6.07) is 12.4. The van der Waals surface area contributed by atoms with Crippen LogP contribution in [0.2, 0.25) is 0 Å². The van der Waals surface area contributed by atoms with Crippen LogP contribution in [0.25, 0.3) is 16.7 Å². The molecule has 1 saturated heterocycles. The topological polar surface area (TPSA) is 43.2 Å². The van der Waals surface area contributed by atoms with Gasteiger partial charge in [0.1, 0.15) is 5.82 Å². The smallest absolute Gasteiger partial charge is 0.165 e. The van der Waals surface area contributed by atoms with Gasteiger partial charge in [0.05, 0.1) is 17.5 Å². The largest absolute Gasteiger partial charge is 0.380 e. The molecule has 0 bridgehead atoms. The first-order chi connectivity index (χ1) is 11.7. The molecule has 1 unspecified atom stereocenters. The summed E-state index contributed by atoms with van der Waals surface area (Å²) in [5.74, 6) is 1.01. The van der Waals surface area contributed by atoms with Crippen LogP contribution in [0.4, 0.5) is 5.82 Å². The van der Waals surface area contributed by atoms with Crippen molar-refractivity contribution in [3.05, 3.63) is 47.7 Å². The van der Waals surface area contributed by atoms with Crippen LogP contribution in [0.1, 0.15) is 17.7 Å². The summed E-state index contributed by atoms with van der Waals surface area (Å²) in [4.78, 5) is 7.26. The maximum Gasteiger partial charge on any atom is 0.165 e. The van der Waals surface area contributed by atoms with Crippen LogP contribution < -0.4 is 4.90 Å². The number of methoxy groups -OCH3 is 1. The van der Waals surface area contributed by atoms with Gasteiger partial charge in [-0.05, 0) is 44.0 Å². The van der Waals surface area contributed by atoms with Gasteiger partial charge < -0.3 is 9.64 Å². The van der Waals surface area contributed by atoms with E-state index in [1.54, 1.807) is 7.11 Å². The number of aryl methyl sites for hydroxylation is 2. The third-order valence-electron chi connectivity index (χ3n) is 4.80. The van der Waals surface area contributed by atoms with Crippen molar-refractivity contribution in [2.45, 2.75) is 26.4 Å². The van der Waals surface area contributed by atoms with E-state index in [0.717, 1.165) is 47.7 Å². The highest BCUT2D eigenvalue weighted by Crippen LogP contribution is 2.28. The van der Waals surface area contributed by atoms with Gasteiger partial charge in [-0.15, -0.1) is 0 Å². The number of anilines is 1. The van der Waals surface area contributed by atoms with E-state index in [0.29, 0.717) is 6.10 Å². The van der Waals surface area contributed by atoms with Crippen molar-refractivity contribution in [1.82, 2.24) is 14.8 Å². The Morgan fingerprint density at radius 3 is 2.67 bits per heavy atom. The SMILES string of the molecule is COC1CCN(c2cc(C)c3c(C)nn(-c4ccccc4)c3n2)C1. The van der Waals surface area contributed by atoms with Crippen molar-refractivity contribution >= 4 is 16.9 Å². The van der Waals surface area contributed by atoms with Crippen LogP contribution in [0.15, 0.2) is 36.4 Å². The van der Waals surface area contributed by atoms with Crippen molar-refractivity contribution in [3.63, 3.8) is 0 Å². The van der Waals surface area contributed by atoms with Gasteiger partial charge in [0.25, 0.3) is 0 Å². The molecule has 0 aliphatic carbocycles. The van der Waals surface area contributed by atoms with Crippen LogP contribution in [0.3, 0.4) is 0 Å². The number of nitrogens with zero attached hydrogens (tertiary/aromatic N) is 4. The summed E-state index contributed by atoms with van der Waals surface area (Å²) in [6.07, 6.45) is 1.34. The second kappa shape index (κ2) is 5.91. The molecule has 3 heterocycles. The minimum atomic E-state index is 0.295. The second-order valence-corrected chi connectivity index (χ2v) is 6.42. The number of hydrogen-bond donors (Lipinski definition) is 0. The number of fused-ring (bicyclic) bond motifs is 1. The summed E-state index contributed by atoms with van der Waals surface area (Å²) in [7, 11) is 1.78. The van der Waals surface area contributed by atoms with E-state index in [1.165, 1.54) is 5.56 Å². The molecule has 124 valence electrons. The van der Waals surface area contributed by atoms with Gasteiger partial charge in [0, 0.05) is 25.6 Å². The van der Waals surface area contributed by atoms with Gasteiger partial charge in [0.15, 0.2) is 5.65 Å². The van der Waals surface area contributed by atoms with Crippen molar-refractivity contribution < 1.29 is 4.74 Å². The fraction of sp³-hybridized carbons (Fsp3) is 0.368. The van der Waals surface area contributed by atoms with Crippen LogP contribution in [-0.4, -0.2) is 41.1 Å². The van der Waals surface area contributed by atoms with Gasteiger partial charge in [0.2, 0.25) is 0 Å². The van der Waals surface area contributed by atoms with Crippen molar-refractivity contribution in [1.29, 1.82) is 0 Å². The number of hydrogen-bond acceptors (Lipinski definition) is 4. The Morgan fingerprint density at radius 1 is 1.17 bits per heavy atom. The Hall–Kier alpha value is -2.40. The van der Waals surface area contributed by atoms with Gasteiger partial charge >= 0.3 is 0 Å². The lowest BCUT2D eigenvalue weighted by molar-refractivity contribution is 0.121. The number of benzene rings is 1. The Labute approximate surface area is 141 Å². The lowest BCUT2D eigenvalue weighted by Crippen LogP contribution is -2.23. The Morgan fingerprint density at radius 2 is 1.96 bits per heavy atom. The molecule has 3 aromatic rings. The van der Waals surface area contributed by atoms with Crippen LogP contribution >= 0.6 is 0 Å². The van der Waals surface area contributed by atoms with Gasteiger partial charge in [-0.2, -0.15) is 5.10 Å². The maximum atomic E-state index is 5.49. The van der Waals surface area contributed by atoms with E-state index in [9.17, 15) is 0 Å². The normalized spacial score (nSPS) is 17.8. The molecule has 0 N–H and O–H groups in total. The quantitative estimate of drug-likeness (QED) is 0.742. The van der Waals surface area contributed by atoms with E-state index in [-0.39, 0.29) is 0 Å². The number of para-hydroxylation sites is 1. The minimum Gasteiger partial charge on any atom is -0.380 e. The minimum absolute atomic E-state index is 0.295. The van der Waals surface area contributed by atoms with E-state index in [4.69, 9.17) is 14.8 Å². The van der Waals surface area contributed by atoms with Gasteiger partial charge in [-0.3, -0.25) is 0 Å². The average Bonchev–Trinajstić information content (AvgIpc) is 3.20. The first-order valence-electron chi connectivity index (χ1n) is 8.37. The first-order valence-corrected chi connectivity index (χ1v) is 8.37. The molecule has 24 heavy (non-hydrogen) atoms. The monoisotopic (exact) mass is 322 g/mol. The third kappa shape index (κ3) is 2.45. The fourth-order valence-corrected chi connectivity index (χ4v) is 3.53. The van der Waals surface area contributed by atoms with E-state index >= 15 is 0 Å². The molecule has 2 aromatic heterocycles. The highest BCUT2D eigenvalue weighted by Gasteiger charge is 2.24. The molecule has 0 spiro atoms. The highest BCUT2D eigenvalue weighted by molar-refractivity contribution is 5.85. The summed E-state index contributed by atoms with van der Waals surface area (Å²) in [5.41, 5.74) is 4.20. The molecule has 5 nitrogen and oxygen atoms in total. The lowest BCUT2D eigenvalue weighted by atomic mass is 10.1. The van der Waals surface area contributed by atoms with E-state index in [2.05, 4.69) is 30.0 Å². The Balaban J connectivity index is 1.85. The van der Waals surface area contributed by atoms with E-state index in [1.807, 2.05) is 29.8 Å². The predicted octanol–water partition coefficient (Wildman–Crippen LogP) is 3.26. The maximum absolute atomic E-state index is 5.49. The van der Waals surface area contributed by atoms with Crippen molar-refractivity contribution in [2.75, 3.05) is 25.1 Å². The molecule has 0 amide bonds. The standard InChI is InChI=1S/C19H22N4O/c1-13-11-17(22-10-9-16(12-22)24-3)20-19-18(13)14(2)21-23(19)15-7-5-4-6-8-15/h4-8,11,16H,9-10,12H2,1-3H3. The fourth-order valence-electron chi connectivity index (χ4n) is 3.53. The van der Waals surface area contributed by atoms with Crippen LogP contribution in [0.5, 0.6) is 0 Å². The summed E-state index contributed by atoms with van der Waals surface area (Å²) >= 11 is 0. The lowest BCUT2D eigenvalue weighted by Gasteiger charge is -2.18. The zero-order valence-corrected chi connectivity index (χ0v) is 14.4. The number of pyridine rings is 1. The summed E-state index contributed by atoms with van der Waals surface area (Å²) in [5, 5.41) is 5.87. The molecule has 5 heteroatoms. The molecule has 0 radical (unpaired) electrons. The van der Waals surface area contributed by atoms with Crippen molar-refractivity contribution in [2.24, 2.45) is 0 Å². The number of aromatic nitrogens is 3. The number of ether oxygens (including phenoxy) is 1. The molecule has 1 aliphatic rings. The molecular formula is C19H22N4O. The van der Waals surface area contributed by atoms with E-state index < -0.39 is 0 Å². The summed E-state index contributed by atoms with van der Waals surface area (Å²) < 4.78 is 7.44. The zero-order chi connectivity index (χ0) is 16.7. The molecule has 1 fully saturated rings. The van der Waals surface area contributed by atoms with Gasteiger partial charge in [-0.25, -0.2) is 9.67 Å². The highest BCUT2D eigenvalue weighted by atomic mass is 16.5. The first kappa shape index (κ1) is 15.1. The molecule has 1 aromatic carbocycles. The molecular weight excluding hydrogens is 300 g/mol. The second-order valence-electron chi connectivity index (χ2n) is 6.42.